The van der Waals surface area contributed by atoms with E-state index in [0.717, 1.165) is 5.56 Å². The summed E-state index contributed by atoms with van der Waals surface area (Å²) in [6.45, 7) is 2.18. The van der Waals surface area contributed by atoms with Gasteiger partial charge < -0.3 is 9.47 Å². The molecule has 0 heterocycles. The van der Waals surface area contributed by atoms with Crippen LogP contribution < -0.4 is 4.74 Å². The van der Waals surface area contributed by atoms with Crippen LogP contribution in [0.2, 0.25) is 5.02 Å². The second kappa shape index (κ2) is 8.76. The van der Waals surface area contributed by atoms with E-state index >= 15 is 0 Å². The number of nitriles is 1. The molecule has 2 aromatic carbocycles. The van der Waals surface area contributed by atoms with Crippen molar-refractivity contribution in [3.63, 3.8) is 0 Å². The molecule has 0 saturated carbocycles. The summed E-state index contributed by atoms with van der Waals surface area (Å²) < 4.78 is 10.7. The highest BCUT2D eigenvalue weighted by molar-refractivity contribution is 6.31. The smallest absolute Gasteiger partial charge is 0.348 e. The Balaban J connectivity index is 2.23. The predicted octanol–water partition coefficient (Wildman–Crippen LogP) is 4.39. The van der Waals surface area contributed by atoms with Gasteiger partial charge in [0.05, 0.1) is 6.61 Å². The normalized spacial score (nSPS) is 10.8. The summed E-state index contributed by atoms with van der Waals surface area (Å²) in [7, 11) is 0. The van der Waals surface area contributed by atoms with Gasteiger partial charge in [0.1, 0.15) is 24.0 Å². The summed E-state index contributed by atoms with van der Waals surface area (Å²) in [5, 5.41) is 9.76. The second-order valence-electron chi connectivity index (χ2n) is 4.81. The van der Waals surface area contributed by atoms with Gasteiger partial charge in [-0.05, 0) is 25.1 Å². The van der Waals surface area contributed by atoms with Crippen LogP contribution >= 0.6 is 11.6 Å². The van der Waals surface area contributed by atoms with E-state index in [4.69, 9.17) is 26.3 Å². The highest BCUT2D eigenvalue weighted by Gasteiger charge is 2.11. The minimum absolute atomic E-state index is 0.0781. The van der Waals surface area contributed by atoms with Crippen molar-refractivity contribution < 1.29 is 14.3 Å². The molecule has 2 aromatic rings. The van der Waals surface area contributed by atoms with E-state index in [2.05, 4.69) is 0 Å². The topological polar surface area (TPSA) is 59.3 Å². The number of esters is 1. The fourth-order valence-corrected chi connectivity index (χ4v) is 2.19. The number of hydrogen-bond donors (Lipinski definition) is 0. The molecule has 0 N–H and O–H groups in total. The van der Waals surface area contributed by atoms with Crippen LogP contribution in [0.15, 0.2) is 54.1 Å². The first-order valence-corrected chi connectivity index (χ1v) is 7.77. The van der Waals surface area contributed by atoms with Crippen molar-refractivity contribution >= 4 is 23.6 Å². The number of benzene rings is 2. The number of carbonyl (C=O) groups excluding carboxylic acids is 1. The zero-order valence-corrected chi connectivity index (χ0v) is 13.9. The Labute approximate surface area is 145 Å². The zero-order valence-electron chi connectivity index (χ0n) is 13.2. The lowest BCUT2D eigenvalue weighted by Gasteiger charge is -2.10. The van der Waals surface area contributed by atoms with E-state index < -0.39 is 5.97 Å². The summed E-state index contributed by atoms with van der Waals surface area (Å²) in [5.74, 6) is -0.102. The van der Waals surface area contributed by atoms with Crippen molar-refractivity contribution in [2.75, 3.05) is 6.61 Å². The summed E-state index contributed by atoms with van der Waals surface area (Å²) in [6.07, 6.45) is 1.46. The molecule has 4 nitrogen and oxygen atoms in total. The largest absolute Gasteiger partial charge is 0.488 e. The quantitative estimate of drug-likeness (QED) is 0.444. The van der Waals surface area contributed by atoms with Gasteiger partial charge in [-0.15, -0.1) is 0 Å². The van der Waals surface area contributed by atoms with Gasteiger partial charge in [0.25, 0.3) is 0 Å². The Hall–Kier alpha value is -2.77. The lowest BCUT2D eigenvalue weighted by Crippen LogP contribution is -2.06. The van der Waals surface area contributed by atoms with E-state index in [-0.39, 0.29) is 18.8 Å². The average molecular weight is 342 g/mol. The van der Waals surface area contributed by atoms with Gasteiger partial charge in [0.2, 0.25) is 0 Å². The van der Waals surface area contributed by atoms with Crippen LogP contribution in [0.1, 0.15) is 18.1 Å². The van der Waals surface area contributed by atoms with Crippen LogP contribution in [-0.2, 0) is 16.1 Å². The fourth-order valence-electron chi connectivity index (χ4n) is 2.00. The van der Waals surface area contributed by atoms with Gasteiger partial charge in [-0.1, -0.05) is 48.0 Å². The number of hydrogen-bond acceptors (Lipinski definition) is 4. The molecule has 0 aliphatic heterocycles. The maximum absolute atomic E-state index is 11.7. The van der Waals surface area contributed by atoms with Crippen LogP contribution in [0.5, 0.6) is 5.75 Å². The van der Waals surface area contributed by atoms with Crippen molar-refractivity contribution in [2.45, 2.75) is 13.5 Å². The summed E-state index contributed by atoms with van der Waals surface area (Å²) >= 11 is 6.12. The molecule has 0 aliphatic rings. The molecule has 0 aliphatic carbocycles. The molecule has 0 saturated heterocycles. The van der Waals surface area contributed by atoms with Gasteiger partial charge in [0.15, 0.2) is 0 Å². The third-order valence-electron chi connectivity index (χ3n) is 3.18. The number of halogens is 1. The molecule has 0 aromatic heterocycles. The van der Waals surface area contributed by atoms with Gasteiger partial charge in [0, 0.05) is 16.1 Å². The van der Waals surface area contributed by atoms with Crippen molar-refractivity contribution in [1.29, 1.82) is 5.26 Å². The van der Waals surface area contributed by atoms with Crippen LogP contribution in [0.3, 0.4) is 0 Å². The van der Waals surface area contributed by atoms with Crippen LogP contribution in [-0.4, -0.2) is 12.6 Å². The SMILES string of the molecule is CCOC(=O)C(C#N)=Cc1ccccc1OCc1ccccc1Cl. The first kappa shape index (κ1) is 17.6. The van der Waals surface area contributed by atoms with Crippen molar-refractivity contribution in [1.82, 2.24) is 0 Å². The van der Waals surface area contributed by atoms with E-state index in [9.17, 15) is 4.79 Å². The average Bonchev–Trinajstić information content (AvgIpc) is 2.60. The molecular weight excluding hydrogens is 326 g/mol. The van der Waals surface area contributed by atoms with Crippen LogP contribution in [0.25, 0.3) is 6.08 Å². The van der Waals surface area contributed by atoms with Crippen molar-refractivity contribution in [2.24, 2.45) is 0 Å². The van der Waals surface area contributed by atoms with Crippen LogP contribution in [0, 0.1) is 11.3 Å². The van der Waals surface area contributed by atoms with Gasteiger partial charge in [-0.3, -0.25) is 0 Å². The Morgan fingerprint density at radius 3 is 2.62 bits per heavy atom. The highest BCUT2D eigenvalue weighted by atomic mass is 35.5. The molecule has 24 heavy (non-hydrogen) atoms. The van der Waals surface area contributed by atoms with Gasteiger partial charge in [-0.2, -0.15) is 5.26 Å². The molecule has 0 unspecified atom stereocenters. The summed E-state index contributed by atoms with van der Waals surface area (Å²) in [6, 6.07) is 16.4. The molecule has 0 atom stereocenters. The molecular formula is C19H16ClNO3. The zero-order chi connectivity index (χ0) is 17.4. The van der Waals surface area contributed by atoms with Crippen molar-refractivity contribution in [3.05, 3.63) is 70.3 Å². The molecule has 122 valence electrons. The number of para-hydroxylation sites is 1. The lowest BCUT2D eigenvalue weighted by atomic mass is 10.1. The fraction of sp³-hybridized carbons (Fsp3) is 0.158. The summed E-state index contributed by atoms with van der Waals surface area (Å²) in [5.41, 5.74) is 1.39. The number of ether oxygens (including phenoxy) is 2. The monoisotopic (exact) mass is 341 g/mol. The predicted molar refractivity (Wildman–Crippen MR) is 92.4 cm³/mol. The maximum Gasteiger partial charge on any atom is 0.348 e. The first-order chi connectivity index (χ1) is 11.7. The standard InChI is InChI=1S/C19H16ClNO3/c1-2-23-19(22)16(12-21)11-14-7-4-6-10-18(14)24-13-15-8-3-5-9-17(15)20/h3-11H,2,13H2,1H3. The highest BCUT2D eigenvalue weighted by Crippen LogP contribution is 2.24. The van der Waals surface area contributed by atoms with E-state index in [1.54, 1.807) is 31.2 Å². The van der Waals surface area contributed by atoms with E-state index in [1.165, 1.54) is 6.08 Å². The number of rotatable bonds is 6. The third kappa shape index (κ3) is 4.61. The van der Waals surface area contributed by atoms with E-state index in [1.807, 2.05) is 30.3 Å². The Kier molecular flexibility index (Phi) is 6.41. The Morgan fingerprint density at radius 2 is 1.92 bits per heavy atom. The minimum atomic E-state index is -0.652. The second-order valence-corrected chi connectivity index (χ2v) is 5.22. The molecule has 0 amide bonds. The molecule has 0 bridgehead atoms. The van der Waals surface area contributed by atoms with Crippen molar-refractivity contribution in [3.8, 4) is 11.8 Å². The maximum atomic E-state index is 11.7. The number of carbonyl (C=O) groups is 1. The van der Waals surface area contributed by atoms with E-state index in [0.29, 0.717) is 16.3 Å². The molecule has 2 rings (SSSR count). The van der Waals surface area contributed by atoms with Gasteiger partial charge in [-0.25, -0.2) is 4.79 Å². The first-order valence-electron chi connectivity index (χ1n) is 7.40. The molecule has 0 fully saturated rings. The third-order valence-corrected chi connectivity index (χ3v) is 3.54. The van der Waals surface area contributed by atoms with Gasteiger partial charge >= 0.3 is 5.97 Å². The minimum Gasteiger partial charge on any atom is -0.488 e. The molecule has 0 radical (unpaired) electrons. The number of nitrogens with zero attached hydrogens (tertiary/aromatic N) is 1. The molecule has 5 heteroatoms. The van der Waals surface area contributed by atoms with Crippen LogP contribution in [0.4, 0.5) is 0 Å². The summed E-state index contributed by atoms with van der Waals surface area (Å²) in [4.78, 5) is 11.7. The Bertz CT molecular complexity index is 793. The lowest BCUT2D eigenvalue weighted by molar-refractivity contribution is -0.137. The molecule has 0 spiro atoms. The Morgan fingerprint density at radius 1 is 1.21 bits per heavy atom.